The Balaban J connectivity index is 1.13. The minimum absolute atomic E-state index is 0.0972. The molecule has 0 saturated heterocycles. The summed E-state index contributed by atoms with van der Waals surface area (Å²) in [7, 11) is 0. The van der Waals surface area contributed by atoms with E-state index in [-0.39, 0.29) is 11.6 Å². The molecule has 0 atom stereocenters. The van der Waals surface area contributed by atoms with Gasteiger partial charge in [-0.2, -0.15) is 0 Å². The Morgan fingerprint density at radius 2 is 0.885 bits per heavy atom. The largest absolute Gasteiger partial charge is 0.494 e. The van der Waals surface area contributed by atoms with Crippen molar-refractivity contribution in [2.75, 3.05) is 18.1 Å². The maximum absolute atomic E-state index is 12.5. The summed E-state index contributed by atoms with van der Waals surface area (Å²) in [5, 5.41) is 11.0. The van der Waals surface area contributed by atoms with E-state index in [0.29, 0.717) is 0 Å². The number of anilines is 3. The van der Waals surface area contributed by atoms with Crippen molar-refractivity contribution in [3.8, 4) is 51.3 Å². The molecule has 0 aliphatic rings. The van der Waals surface area contributed by atoms with Crippen LogP contribution in [0.4, 0.5) is 17.1 Å². The van der Waals surface area contributed by atoms with Crippen molar-refractivity contribution in [2.24, 2.45) is 0 Å². The average Bonchev–Trinajstić information content (AvgIpc) is 1.92. The lowest BCUT2D eigenvalue weighted by Gasteiger charge is -2.26. The number of benzene rings is 5. The summed E-state index contributed by atoms with van der Waals surface area (Å²) < 4.78 is 12.5. The highest BCUT2D eigenvalue weighted by atomic mass is 32.1. The summed E-state index contributed by atoms with van der Waals surface area (Å²) >= 11 is 6.94. The molecule has 0 unspecified atom stereocenters. The number of hydrogen-bond donors (Lipinski definition) is 1. The van der Waals surface area contributed by atoms with E-state index >= 15 is 0 Å². The van der Waals surface area contributed by atoms with Crippen molar-refractivity contribution in [3.05, 3.63) is 171 Å². The van der Waals surface area contributed by atoms with Gasteiger partial charge in [0.15, 0.2) is 0 Å². The van der Waals surface area contributed by atoms with Crippen molar-refractivity contribution < 1.29 is 19.4 Å². The van der Waals surface area contributed by atoms with Crippen LogP contribution in [-0.4, -0.2) is 36.0 Å². The van der Waals surface area contributed by atoms with Gasteiger partial charge in [-0.15, -0.1) is 45.3 Å². The van der Waals surface area contributed by atoms with Crippen molar-refractivity contribution in [3.63, 3.8) is 0 Å². The third-order valence-electron chi connectivity index (χ3n) is 16.8. The summed E-state index contributed by atoms with van der Waals surface area (Å²) in [6.45, 7) is 23.8. The van der Waals surface area contributed by atoms with Crippen LogP contribution in [0.5, 0.6) is 11.5 Å². The van der Waals surface area contributed by atoms with Crippen LogP contribution in [-0.2, 0) is 12.8 Å². The van der Waals surface area contributed by atoms with E-state index < -0.39 is 5.97 Å². The van der Waals surface area contributed by atoms with Gasteiger partial charge in [-0.05, 0) is 181 Å². The molecule has 0 spiro atoms. The van der Waals surface area contributed by atoms with Gasteiger partial charge in [0.05, 0.1) is 24.3 Å². The predicted molar refractivity (Wildman–Crippen MR) is 380 cm³/mol. The molecule has 0 amide bonds. The van der Waals surface area contributed by atoms with Gasteiger partial charge < -0.3 is 19.5 Å². The van der Waals surface area contributed by atoms with Crippen molar-refractivity contribution in [2.45, 2.75) is 185 Å². The summed E-state index contributed by atoms with van der Waals surface area (Å²) in [4.78, 5) is 27.5. The van der Waals surface area contributed by atoms with Gasteiger partial charge in [0.2, 0.25) is 6.71 Å². The monoisotopic (exact) mass is 1230 g/mol. The number of thiophene rings is 3. The minimum atomic E-state index is -0.946. The zero-order chi connectivity index (χ0) is 61.4. The summed E-state index contributed by atoms with van der Waals surface area (Å²) in [5.41, 5.74) is 18.6. The number of ether oxygens (including phenoxy) is 2. The Morgan fingerprint density at radius 1 is 0.471 bits per heavy atom. The van der Waals surface area contributed by atoms with E-state index in [1.165, 1.54) is 185 Å². The lowest BCUT2D eigenvalue weighted by Crippen LogP contribution is -2.56. The zero-order valence-electron chi connectivity index (χ0n) is 53.5. The maximum Gasteiger partial charge on any atom is 0.347 e. The van der Waals surface area contributed by atoms with E-state index in [0.717, 1.165) is 90.2 Å². The van der Waals surface area contributed by atoms with E-state index in [9.17, 15) is 9.90 Å². The highest BCUT2D eigenvalue weighted by Gasteiger charge is 2.34. The third kappa shape index (κ3) is 16.5. The molecule has 4 heterocycles. The Morgan fingerprint density at radius 3 is 1.34 bits per heavy atom. The zero-order valence-corrected chi connectivity index (χ0v) is 56.7. The molecule has 0 fully saturated rings. The van der Waals surface area contributed by atoms with Gasteiger partial charge in [0.25, 0.3) is 0 Å². The third-order valence-corrected chi connectivity index (χ3v) is 21.9. The molecule has 4 aromatic heterocycles. The van der Waals surface area contributed by atoms with E-state index in [1.54, 1.807) is 11.3 Å². The first-order valence-electron chi connectivity index (χ1n) is 32.4. The molecule has 0 bridgehead atoms. The van der Waals surface area contributed by atoms with Crippen molar-refractivity contribution >= 4 is 91.5 Å². The van der Waals surface area contributed by atoms with Crippen LogP contribution in [0.1, 0.15) is 185 Å². The number of aromatic nitrogens is 1. The first-order valence-corrected chi connectivity index (χ1v) is 35.7. The van der Waals surface area contributed by atoms with Crippen LogP contribution in [0.3, 0.4) is 0 Å². The standard InChI is InChI=1S/C76H91BN2O4S4/c1-11-15-19-23-27-58-48-68(86-72(58)57-29-31-60(32-30-57)79(61-33-37-63(38-34-61)82-41-25-21-17-13-3)62-35-39-64(40-36-62)83-42-26-22-18-14-4)73-59(28-24-20-16-12-2)47-66(84-73)67-49-65(74(85-67)75-78-50-69(87-75)76(80)81)77(70-53(7)43-51(5)44-54(70)8)71-55(9)45-52(6)46-56(71)10/h29-40,43-50H,11-28,41-42H2,1-10H3,(H,80,81). The fraction of sp³-hybridized carbons (Fsp3) is 0.395. The van der Waals surface area contributed by atoms with E-state index in [2.05, 4.69) is 189 Å². The molecular formula is C76H91BN2O4S4. The highest BCUT2D eigenvalue weighted by Crippen LogP contribution is 2.48. The fourth-order valence-corrected chi connectivity index (χ4v) is 17.3. The molecule has 11 heteroatoms. The number of carboxylic acid groups (broad SMARTS) is 1. The number of aromatic carboxylic acids is 1. The lowest BCUT2D eigenvalue weighted by atomic mass is 9.34. The van der Waals surface area contributed by atoms with E-state index in [4.69, 9.17) is 14.5 Å². The molecule has 0 saturated carbocycles. The van der Waals surface area contributed by atoms with Crippen LogP contribution >= 0.6 is 45.3 Å². The molecule has 0 radical (unpaired) electrons. The van der Waals surface area contributed by atoms with Gasteiger partial charge in [-0.3, -0.25) is 0 Å². The predicted octanol–water partition coefficient (Wildman–Crippen LogP) is 21.7. The first kappa shape index (κ1) is 65.2. The van der Waals surface area contributed by atoms with Gasteiger partial charge >= 0.3 is 5.97 Å². The number of nitrogens with zero attached hydrogens (tertiary/aromatic N) is 2. The molecule has 6 nitrogen and oxygen atoms in total. The van der Waals surface area contributed by atoms with Crippen LogP contribution in [0, 0.1) is 41.5 Å². The summed E-state index contributed by atoms with van der Waals surface area (Å²) in [5.74, 6) is 0.852. The van der Waals surface area contributed by atoms with Crippen LogP contribution in [0.15, 0.2) is 121 Å². The molecule has 9 aromatic rings. The number of unbranched alkanes of at least 4 members (excludes halogenated alkanes) is 12. The van der Waals surface area contributed by atoms with Crippen LogP contribution in [0.25, 0.3) is 39.8 Å². The van der Waals surface area contributed by atoms with Gasteiger partial charge in [0, 0.05) is 41.4 Å². The molecule has 87 heavy (non-hydrogen) atoms. The maximum atomic E-state index is 12.5. The van der Waals surface area contributed by atoms with Crippen LogP contribution in [0.2, 0.25) is 0 Å². The number of thiazole rings is 1. The molecule has 0 aliphatic heterocycles. The average molecular weight is 1240 g/mol. The van der Waals surface area contributed by atoms with Crippen LogP contribution < -0.4 is 30.8 Å². The normalized spacial score (nSPS) is 11.4. The van der Waals surface area contributed by atoms with Gasteiger partial charge in [0.1, 0.15) is 21.4 Å². The second-order valence-electron chi connectivity index (χ2n) is 24.0. The highest BCUT2D eigenvalue weighted by molar-refractivity contribution is 7.30. The minimum Gasteiger partial charge on any atom is -0.494 e. The quantitative estimate of drug-likeness (QED) is 0.0326. The van der Waals surface area contributed by atoms with Crippen molar-refractivity contribution in [1.29, 1.82) is 0 Å². The Bertz CT molecular complexity index is 3500. The molecule has 5 aromatic carbocycles. The molecule has 0 aliphatic carbocycles. The topological polar surface area (TPSA) is 71.9 Å². The number of hydrogen-bond acceptors (Lipinski definition) is 9. The Kier molecular flexibility index (Phi) is 23.8. The number of carboxylic acids is 1. The number of carbonyl (C=O) groups is 1. The van der Waals surface area contributed by atoms with Gasteiger partial charge in [-0.1, -0.05) is 185 Å². The van der Waals surface area contributed by atoms with E-state index in [1.807, 2.05) is 22.7 Å². The molecule has 456 valence electrons. The molecular weight excluding hydrogens is 1140 g/mol. The van der Waals surface area contributed by atoms with Gasteiger partial charge in [-0.25, -0.2) is 9.78 Å². The van der Waals surface area contributed by atoms with Crippen molar-refractivity contribution in [1.82, 2.24) is 4.98 Å². The first-order chi connectivity index (χ1) is 42.3. The molecule has 9 rings (SSSR count). The fourth-order valence-electron chi connectivity index (χ4n) is 12.6. The SMILES string of the molecule is CCCCCCOc1ccc(N(c2ccc(OCCCCCC)cc2)c2ccc(-c3sc(-c4sc(-c5cc(B(c6c(C)cc(C)cc6C)c6c(C)cc(C)cc6C)c(-c6ncc(C(=O)O)s6)s5)cc4CCCCCC)cc3CCCCCC)cc2)cc1. The second kappa shape index (κ2) is 31.8. The summed E-state index contributed by atoms with van der Waals surface area (Å²) in [6.07, 6.45) is 22.6. The smallest absolute Gasteiger partial charge is 0.347 e. The second-order valence-corrected chi connectivity index (χ2v) is 28.2. The number of rotatable bonds is 33. The summed E-state index contributed by atoms with van der Waals surface area (Å²) in [6, 6.07) is 43.2. The Hall–Kier alpha value is -6.24. The molecule has 1 N–H and O–H groups in total. The Labute approximate surface area is 537 Å². The number of aryl methyl sites for hydroxylation is 8. The lowest BCUT2D eigenvalue weighted by molar-refractivity contribution is 0.0701.